The summed E-state index contributed by atoms with van der Waals surface area (Å²) in [6, 6.07) is 17.1. The lowest BCUT2D eigenvalue weighted by Crippen LogP contribution is -3.00. The summed E-state index contributed by atoms with van der Waals surface area (Å²) in [6.07, 6.45) is 6.61. The van der Waals surface area contributed by atoms with Crippen LogP contribution in [0.25, 0.3) is 26.7 Å². The number of hydrogen-bond acceptors (Lipinski definition) is 7. The molecule has 0 bridgehead atoms. The maximum absolute atomic E-state index is 8.34. The van der Waals surface area contributed by atoms with E-state index in [1.54, 1.807) is 18.4 Å². The molecule has 0 spiro atoms. The van der Waals surface area contributed by atoms with Gasteiger partial charge in [0.25, 0.3) is 5.01 Å². The number of nitrogens with zero attached hydrogens (tertiary/aromatic N) is 5. The second kappa shape index (κ2) is 17.2. The summed E-state index contributed by atoms with van der Waals surface area (Å²) >= 11 is 1.79. The van der Waals surface area contributed by atoms with Crippen molar-refractivity contribution in [3.63, 3.8) is 0 Å². The number of methoxy groups -OCH3 is 1. The van der Waals surface area contributed by atoms with Gasteiger partial charge in [-0.25, -0.2) is 0 Å². The molecular formula is C31H40ClN5O4S. The van der Waals surface area contributed by atoms with Gasteiger partial charge in [0, 0.05) is 54.1 Å². The van der Waals surface area contributed by atoms with Crippen molar-refractivity contribution in [2.45, 2.75) is 25.8 Å². The minimum absolute atomic E-state index is 0. The van der Waals surface area contributed by atoms with Crippen LogP contribution in [0.5, 0.6) is 0 Å². The van der Waals surface area contributed by atoms with Crippen LogP contribution < -0.4 is 21.9 Å². The normalized spacial score (nSPS) is 14.8. The number of ether oxygens (including phenoxy) is 4. The van der Waals surface area contributed by atoms with E-state index in [-0.39, 0.29) is 17.8 Å². The first kappa shape index (κ1) is 33.6. The van der Waals surface area contributed by atoms with Crippen molar-refractivity contribution < 1.29 is 35.9 Å². The molecule has 0 unspecified atom stereocenters. The Morgan fingerprint density at radius 3 is 2.48 bits per heavy atom. The van der Waals surface area contributed by atoms with Gasteiger partial charge < -0.3 is 36.3 Å². The fourth-order valence-corrected chi connectivity index (χ4v) is 6.14. The van der Waals surface area contributed by atoms with Crippen LogP contribution in [0.3, 0.4) is 0 Å². The first-order valence-corrected chi connectivity index (χ1v) is 14.8. The summed E-state index contributed by atoms with van der Waals surface area (Å²) < 4.78 is 25.8. The Hall–Kier alpha value is -2.95. The van der Waals surface area contributed by atoms with Crippen LogP contribution in [-0.4, -0.2) is 66.4 Å². The van der Waals surface area contributed by atoms with Crippen LogP contribution in [0.4, 0.5) is 5.69 Å². The number of para-hydroxylation sites is 2. The number of thiazole rings is 1. The van der Waals surface area contributed by atoms with Crippen molar-refractivity contribution in [1.82, 2.24) is 0 Å². The van der Waals surface area contributed by atoms with Gasteiger partial charge in [0.05, 0.1) is 39.6 Å². The smallest absolute Gasteiger partial charge is 0.262 e. The van der Waals surface area contributed by atoms with Crippen LogP contribution in [0, 0.1) is 0 Å². The second-order valence-corrected chi connectivity index (χ2v) is 11.1. The lowest BCUT2D eigenvalue weighted by atomic mass is 9.84. The molecule has 0 atom stereocenters. The minimum atomic E-state index is -0.142. The number of anilines is 1. The van der Waals surface area contributed by atoms with Gasteiger partial charge >= 0.3 is 0 Å². The van der Waals surface area contributed by atoms with Gasteiger partial charge in [-0.2, -0.15) is 4.57 Å². The van der Waals surface area contributed by atoms with Crippen molar-refractivity contribution in [1.29, 1.82) is 0 Å². The topological polar surface area (TPSA) is 92.8 Å². The standard InChI is InChI=1S/C31H40N5O4S.ClH/c1-31(2)25-9-4-5-10-26(25)35(16-19-40-24-23-38-18-15-33-34-32)29(31)13-8-14-30-36(17-20-39-22-21-37-3)27-11-6-7-12-28(27)41-30;/h4-14H,15-24H2,1-3H3;1H/q+1;/p-1. The predicted octanol–water partition coefficient (Wildman–Crippen LogP) is 2.89. The van der Waals surface area contributed by atoms with Gasteiger partial charge in [0.1, 0.15) is 11.3 Å². The highest BCUT2D eigenvalue weighted by Crippen LogP contribution is 2.47. The van der Waals surface area contributed by atoms with Crippen LogP contribution in [0.2, 0.25) is 0 Å². The monoisotopic (exact) mass is 613 g/mol. The Morgan fingerprint density at radius 2 is 1.67 bits per heavy atom. The fourth-order valence-electron chi connectivity index (χ4n) is 5.04. The fraction of sp³-hybridized carbons (Fsp3) is 0.452. The number of benzene rings is 2. The van der Waals surface area contributed by atoms with E-state index >= 15 is 0 Å². The number of halogens is 1. The van der Waals surface area contributed by atoms with Gasteiger partial charge in [-0.05, 0) is 29.3 Å². The molecule has 0 saturated carbocycles. The van der Waals surface area contributed by atoms with Crippen LogP contribution in [0.1, 0.15) is 24.4 Å². The molecule has 0 amide bonds. The van der Waals surface area contributed by atoms with E-state index in [1.807, 2.05) is 0 Å². The Bertz CT molecular complexity index is 1390. The third kappa shape index (κ3) is 8.55. The molecule has 9 nitrogen and oxygen atoms in total. The zero-order valence-electron chi connectivity index (χ0n) is 24.6. The SMILES string of the molecule is COCCOCC[n+]1c(C=CC=C2N(CCOCCOCCN=[N+]=[N-])c3ccccc3C2(C)C)sc2ccccc21.[Cl-]. The summed E-state index contributed by atoms with van der Waals surface area (Å²) in [4.78, 5) is 5.09. The van der Waals surface area contributed by atoms with E-state index in [0.29, 0.717) is 52.8 Å². The largest absolute Gasteiger partial charge is 1.00 e. The molecule has 4 rings (SSSR count). The number of azide groups is 1. The van der Waals surface area contributed by atoms with E-state index in [4.69, 9.17) is 24.5 Å². The lowest BCUT2D eigenvalue weighted by molar-refractivity contribution is -0.670. The van der Waals surface area contributed by atoms with E-state index in [0.717, 1.165) is 13.1 Å². The van der Waals surface area contributed by atoms with Gasteiger partial charge in [-0.3, -0.25) is 0 Å². The Kier molecular flexibility index (Phi) is 13.8. The highest BCUT2D eigenvalue weighted by atomic mass is 35.5. The van der Waals surface area contributed by atoms with Crippen molar-refractivity contribution in [2.75, 3.05) is 71.3 Å². The molecule has 1 aliphatic rings. The zero-order chi connectivity index (χ0) is 28.9. The van der Waals surface area contributed by atoms with Crippen LogP contribution >= 0.6 is 11.3 Å². The molecular weight excluding hydrogens is 574 g/mol. The van der Waals surface area contributed by atoms with Crippen molar-refractivity contribution in [3.8, 4) is 0 Å². The van der Waals surface area contributed by atoms with E-state index in [2.05, 4.69) is 100 Å². The highest BCUT2D eigenvalue weighted by molar-refractivity contribution is 7.18. The zero-order valence-corrected chi connectivity index (χ0v) is 26.1. The molecule has 1 aromatic heterocycles. The molecule has 2 aromatic carbocycles. The van der Waals surface area contributed by atoms with Crippen molar-refractivity contribution >= 4 is 33.3 Å². The van der Waals surface area contributed by atoms with E-state index in [9.17, 15) is 0 Å². The molecule has 2 heterocycles. The predicted molar refractivity (Wildman–Crippen MR) is 164 cm³/mol. The quantitative estimate of drug-likeness (QED) is 0.0768. The first-order valence-electron chi connectivity index (χ1n) is 14.0. The van der Waals surface area contributed by atoms with E-state index in [1.165, 1.54) is 32.2 Å². The van der Waals surface area contributed by atoms with Gasteiger partial charge in [-0.15, -0.1) is 0 Å². The summed E-state index contributed by atoms with van der Waals surface area (Å²) in [6.45, 7) is 10.2. The summed E-state index contributed by atoms with van der Waals surface area (Å²) in [7, 11) is 1.69. The molecule has 42 heavy (non-hydrogen) atoms. The average molecular weight is 614 g/mol. The van der Waals surface area contributed by atoms with E-state index < -0.39 is 0 Å². The molecule has 226 valence electrons. The number of fused-ring (bicyclic) bond motifs is 2. The number of hydrogen-bond donors (Lipinski definition) is 0. The Morgan fingerprint density at radius 1 is 0.952 bits per heavy atom. The number of rotatable bonds is 17. The maximum atomic E-state index is 8.34. The summed E-state index contributed by atoms with van der Waals surface area (Å²) in [5.74, 6) is 0. The molecule has 0 fully saturated rings. The number of aromatic nitrogens is 1. The Balaban J connectivity index is 0.00000484. The lowest BCUT2D eigenvalue weighted by Gasteiger charge is -2.27. The molecule has 11 heteroatoms. The molecule has 1 aliphatic heterocycles. The van der Waals surface area contributed by atoms with Gasteiger partial charge in [-0.1, -0.05) is 66.7 Å². The molecule has 0 saturated heterocycles. The van der Waals surface area contributed by atoms with Crippen molar-refractivity contribution in [2.24, 2.45) is 5.11 Å². The first-order chi connectivity index (χ1) is 20.1. The summed E-state index contributed by atoms with van der Waals surface area (Å²) in [5, 5.41) is 4.65. The molecule has 0 N–H and O–H groups in total. The molecule has 3 aromatic rings. The second-order valence-electron chi connectivity index (χ2n) is 10.0. The average Bonchev–Trinajstić information content (AvgIpc) is 3.43. The maximum Gasteiger partial charge on any atom is 0.262 e. The minimum Gasteiger partial charge on any atom is -1.00 e. The van der Waals surface area contributed by atoms with Crippen molar-refractivity contribution in [3.05, 3.63) is 87.4 Å². The van der Waals surface area contributed by atoms with Gasteiger partial charge in [0.2, 0.25) is 5.52 Å². The third-order valence-electron chi connectivity index (χ3n) is 7.05. The highest BCUT2D eigenvalue weighted by Gasteiger charge is 2.39. The molecule has 0 radical (unpaired) electrons. The van der Waals surface area contributed by atoms with Crippen LogP contribution in [0.15, 0.2) is 71.5 Å². The van der Waals surface area contributed by atoms with Gasteiger partial charge in [0.15, 0.2) is 6.54 Å². The molecule has 0 aliphatic carbocycles. The Labute approximate surface area is 258 Å². The number of allylic oxidation sites excluding steroid dienone is 3. The summed E-state index contributed by atoms with van der Waals surface area (Å²) in [5.41, 5.74) is 13.2. The van der Waals surface area contributed by atoms with Crippen LogP contribution in [-0.2, 0) is 30.9 Å². The third-order valence-corrected chi connectivity index (χ3v) is 8.18.